The van der Waals surface area contributed by atoms with Crippen LogP contribution in [0.2, 0.25) is 13.1 Å². The highest BCUT2D eigenvalue weighted by Gasteiger charge is 2.42. The minimum atomic E-state index is -1.43. The molecule has 0 bridgehead atoms. The van der Waals surface area contributed by atoms with Crippen LogP contribution in [0.1, 0.15) is 78.9 Å². The van der Waals surface area contributed by atoms with Gasteiger partial charge in [-0.3, -0.25) is 0 Å². The van der Waals surface area contributed by atoms with Gasteiger partial charge in [0, 0.05) is 23.1 Å². The molecule has 1 aliphatic carbocycles. The second-order valence-corrected chi connectivity index (χ2v) is 11.7. The largest absolute Gasteiger partial charge is 0.496 e. The maximum atomic E-state index is 13.0. The normalized spacial score (nSPS) is 20.0. The minimum Gasteiger partial charge on any atom is -0.496 e. The number of carbonyl (C=O) groups excluding carboxylic acids is 1. The molecule has 0 amide bonds. The Bertz CT molecular complexity index is 835. The molecule has 1 aromatic rings. The number of hydrogen-bond acceptors (Lipinski definition) is 5. The van der Waals surface area contributed by atoms with Gasteiger partial charge < -0.3 is 19.0 Å². The van der Waals surface area contributed by atoms with Crippen molar-refractivity contribution < 1.29 is 23.8 Å². The molecular formula is C23H34O5Si. The van der Waals surface area contributed by atoms with Crippen molar-refractivity contribution in [2.45, 2.75) is 84.3 Å². The second kappa shape index (κ2) is 8.24. The molecule has 1 N–H and O–H groups in total. The number of rotatable bonds is 6. The summed E-state index contributed by atoms with van der Waals surface area (Å²) in [7, 11) is 0.220. The van der Waals surface area contributed by atoms with Crippen LogP contribution in [-0.4, -0.2) is 33.3 Å². The van der Waals surface area contributed by atoms with Crippen molar-refractivity contribution in [2.24, 2.45) is 0 Å². The maximum absolute atomic E-state index is 13.0. The lowest BCUT2D eigenvalue weighted by Crippen LogP contribution is -2.24. The molecule has 1 aromatic carbocycles. The Kier molecular flexibility index (Phi) is 6.27. The van der Waals surface area contributed by atoms with Crippen molar-refractivity contribution in [1.82, 2.24) is 0 Å². The number of fused-ring (bicyclic) bond motifs is 1. The van der Waals surface area contributed by atoms with E-state index in [1.165, 1.54) is 0 Å². The van der Waals surface area contributed by atoms with Crippen molar-refractivity contribution in [3.05, 3.63) is 39.5 Å². The Morgan fingerprint density at radius 1 is 1.34 bits per heavy atom. The van der Waals surface area contributed by atoms with Gasteiger partial charge in [-0.15, -0.1) is 0 Å². The van der Waals surface area contributed by atoms with Crippen LogP contribution in [0, 0.1) is 6.92 Å². The molecule has 2 atom stereocenters. The van der Waals surface area contributed by atoms with Crippen molar-refractivity contribution in [2.75, 3.05) is 7.11 Å². The average Bonchev–Trinajstić information content (AvgIpc) is 3.23. The molecule has 0 saturated carbocycles. The fourth-order valence-electron chi connectivity index (χ4n) is 4.62. The molecule has 0 aromatic heterocycles. The van der Waals surface area contributed by atoms with Crippen molar-refractivity contribution >= 4 is 15.0 Å². The predicted octanol–water partition coefficient (Wildman–Crippen LogP) is 4.48. The number of aliphatic hydroxyl groups excluding tert-OH is 1. The Balaban J connectivity index is 2.22. The molecule has 1 heterocycles. The molecule has 3 rings (SSSR count). The number of benzene rings is 1. The van der Waals surface area contributed by atoms with E-state index >= 15 is 0 Å². The summed E-state index contributed by atoms with van der Waals surface area (Å²) in [5, 5.41) is 10.9. The third-order valence-corrected chi connectivity index (χ3v) is 6.54. The summed E-state index contributed by atoms with van der Waals surface area (Å²) >= 11 is 0. The molecule has 6 heteroatoms. The van der Waals surface area contributed by atoms with E-state index in [4.69, 9.17) is 13.9 Å². The zero-order chi connectivity index (χ0) is 21.5. The van der Waals surface area contributed by atoms with E-state index in [2.05, 4.69) is 39.9 Å². The third kappa shape index (κ3) is 4.16. The molecule has 1 aliphatic heterocycles. The number of aliphatic hydroxyl groups is 1. The van der Waals surface area contributed by atoms with Gasteiger partial charge in [0.2, 0.25) is 6.29 Å². The van der Waals surface area contributed by atoms with E-state index in [0.29, 0.717) is 12.0 Å². The topological polar surface area (TPSA) is 65.0 Å². The van der Waals surface area contributed by atoms with E-state index < -0.39 is 21.4 Å². The maximum Gasteiger partial charge on any atom is 0.341 e. The number of hydrogen-bond donors (Lipinski definition) is 1. The molecule has 1 unspecified atom stereocenters. The molecule has 0 fully saturated rings. The lowest BCUT2D eigenvalue weighted by Gasteiger charge is -2.30. The fraction of sp³-hybridized carbons (Fsp3) is 0.609. The van der Waals surface area contributed by atoms with E-state index in [1.54, 1.807) is 7.11 Å². The SMILES string of the molecule is COc1c(C)c2c(c(C(C)(C)C)c1C[C@H](O)C1=CCCC1)C(=O)OC2O[SiH](C)C. The van der Waals surface area contributed by atoms with Crippen LogP contribution >= 0.6 is 0 Å². The zero-order valence-electron chi connectivity index (χ0n) is 18.7. The minimum absolute atomic E-state index is 0.326. The summed E-state index contributed by atoms with van der Waals surface area (Å²) in [6, 6.07) is 0. The lowest BCUT2D eigenvalue weighted by molar-refractivity contribution is -0.0398. The van der Waals surface area contributed by atoms with Gasteiger partial charge in [-0.05, 0) is 55.8 Å². The first-order valence-electron chi connectivity index (χ1n) is 10.5. The van der Waals surface area contributed by atoms with Crippen LogP contribution in [0.25, 0.3) is 0 Å². The highest BCUT2D eigenvalue weighted by Crippen LogP contribution is 2.47. The molecule has 160 valence electrons. The van der Waals surface area contributed by atoms with Crippen LogP contribution in [0.15, 0.2) is 11.6 Å². The first-order valence-corrected chi connectivity index (χ1v) is 13.3. The average molecular weight is 419 g/mol. The molecule has 29 heavy (non-hydrogen) atoms. The monoisotopic (exact) mass is 418 g/mol. The van der Waals surface area contributed by atoms with Crippen LogP contribution in [0.5, 0.6) is 5.75 Å². The van der Waals surface area contributed by atoms with E-state index in [9.17, 15) is 9.90 Å². The first-order chi connectivity index (χ1) is 13.6. The quantitative estimate of drug-likeness (QED) is 0.419. The Labute approximate surface area is 175 Å². The summed E-state index contributed by atoms with van der Waals surface area (Å²) in [6.07, 6.45) is 4.35. The fourth-order valence-corrected chi connectivity index (χ4v) is 5.31. The van der Waals surface area contributed by atoms with E-state index in [0.717, 1.165) is 52.8 Å². The second-order valence-electron chi connectivity index (χ2n) is 9.36. The van der Waals surface area contributed by atoms with Crippen LogP contribution in [-0.2, 0) is 21.0 Å². The van der Waals surface area contributed by atoms with Crippen molar-refractivity contribution in [3.63, 3.8) is 0 Å². The van der Waals surface area contributed by atoms with E-state index in [-0.39, 0.29) is 11.4 Å². The molecular weight excluding hydrogens is 384 g/mol. The zero-order valence-corrected chi connectivity index (χ0v) is 19.9. The summed E-state index contributed by atoms with van der Waals surface area (Å²) in [4.78, 5) is 13.0. The first kappa shape index (κ1) is 22.1. The van der Waals surface area contributed by atoms with Crippen LogP contribution < -0.4 is 4.74 Å². The molecule has 0 saturated heterocycles. The lowest BCUT2D eigenvalue weighted by atomic mass is 9.76. The van der Waals surface area contributed by atoms with Gasteiger partial charge in [-0.2, -0.15) is 0 Å². The van der Waals surface area contributed by atoms with Gasteiger partial charge in [0.05, 0.1) is 18.8 Å². The van der Waals surface area contributed by atoms with Gasteiger partial charge in [0.25, 0.3) is 0 Å². The van der Waals surface area contributed by atoms with Gasteiger partial charge in [-0.25, -0.2) is 4.79 Å². The molecule has 0 radical (unpaired) electrons. The summed E-state index contributed by atoms with van der Waals surface area (Å²) in [6.45, 7) is 12.3. The number of cyclic esters (lactones) is 1. The Morgan fingerprint density at radius 3 is 2.55 bits per heavy atom. The predicted molar refractivity (Wildman–Crippen MR) is 116 cm³/mol. The Hall–Kier alpha value is -1.63. The third-order valence-electron chi connectivity index (χ3n) is 5.75. The summed E-state index contributed by atoms with van der Waals surface area (Å²) in [5.41, 5.74) is 4.80. The van der Waals surface area contributed by atoms with E-state index in [1.807, 2.05) is 6.92 Å². The number of ether oxygens (including phenoxy) is 2. The number of methoxy groups -OCH3 is 1. The molecule has 0 spiro atoms. The van der Waals surface area contributed by atoms with Gasteiger partial charge >= 0.3 is 5.97 Å². The number of esters is 1. The standard InChI is InChI=1S/C23H34O5Si/c1-13-17-18(21(25)27-22(17)28-29(6)7)19(23(2,3)4)15(20(13)26-5)12-16(24)14-10-8-9-11-14/h10,16,22,24,29H,8-9,11-12H2,1-7H3/t16-,22?/m0/s1. The smallest absolute Gasteiger partial charge is 0.341 e. The Morgan fingerprint density at radius 2 is 2.03 bits per heavy atom. The molecule has 2 aliphatic rings. The number of allylic oxidation sites excluding steroid dienone is 1. The highest BCUT2D eigenvalue weighted by atomic mass is 28.3. The van der Waals surface area contributed by atoms with Gasteiger partial charge in [-0.1, -0.05) is 26.8 Å². The van der Waals surface area contributed by atoms with Gasteiger partial charge in [0.15, 0.2) is 9.04 Å². The molecule has 5 nitrogen and oxygen atoms in total. The van der Waals surface area contributed by atoms with Crippen molar-refractivity contribution in [3.8, 4) is 5.75 Å². The van der Waals surface area contributed by atoms with Crippen LogP contribution in [0.3, 0.4) is 0 Å². The highest BCUT2D eigenvalue weighted by molar-refractivity contribution is 6.48. The van der Waals surface area contributed by atoms with Crippen LogP contribution in [0.4, 0.5) is 0 Å². The summed E-state index contributed by atoms with van der Waals surface area (Å²) < 4.78 is 17.6. The van der Waals surface area contributed by atoms with Gasteiger partial charge in [0.1, 0.15) is 5.75 Å². The number of carbonyl (C=O) groups is 1. The summed E-state index contributed by atoms with van der Waals surface area (Å²) in [5.74, 6) is 0.384. The van der Waals surface area contributed by atoms with Crippen molar-refractivity contribution in [1.29, 1.82) is 0 Å².